The number of nitrogens with zero attached hydrogens (tertiary/aromatic N) is 5. The lowest BCUT2D eigenvalue weighted by Gasteiger charge is -2.25. The molecule has 0 unspecified atom stereocenters. The number of carbonyl (C=O) groups excluding carboxylic acids is 3. The first-order chi connectivity index (χ1) is 22.8. The third-order valence-electron chi connectivity index (χ3n) is 8.41. The van der Waals surface area contributed by atoms with Crippen molar-refractivity contribution in [2.24, 2.45) is 13.0 Å². The number of aromatic nitrogens is 4. The largest absolute Gasteiger partial charge is 0.494 e. The Kier molecular flexibility index (Phi) is 10.6. The number of benzene rings is 2. The average molecular weight is 644 g/mol. The topological polar surface area (TPSA) is 180 Å². The van der Waals surface area contributed by atoms with Crippen molar-refractivity contribution in [1.82, 2.24) is 34.9 Å². The van der Waals surface area contributed by atoms with Gasteiger partial charge in [-0.05, 0) is 48.4 Å². The van der Waals surface area contributed by atoms with E-state index in [0.29, 0.717) is 56.1 Å². The Bertz CT molecular complexity index is 1780. The first-order valence-electron chi connectivity index (χ1n) is 15.4. The van der Waals surface area contributed by atoms with Crippen LogP contribution in [0.25, 0.3) is 11.0 Å². The van der Waals surface area contributed by atoms with Gasteiger partial charge in [-0.3, -0.25) is 24.0 Å². The maximum Gasteiger partial charge on any atom is 0.290 e. The van der Waals surface area contributed by atoms with Crippen LogP contribution in [0.1, 0.15) is 40.4 Å². The number of fused-ring (bicyclic) bond motifs is 5. The molecule has 2 atom stereocenters. The molecule has 3 N–H and O–H groups in total. The molecule has 0 spiro atoms. The van der Waals surface area contributed by atoms with Crippen molar-refractivity contribution >= 4 is 35.2 Å². The van der Waals surface area contributed by atoms with Crippen molar-refractivity contribution in [3.63, 3.8) is 0 Å². The molecule has 47 heavy (non-hydrogen) atoms. The van der Waals surface area contributed by atoms with E-state index in [0.717, 1.165) is 16.6 Å². The molecule has 0 saturated carbocycles. The van der Waals surface area contributed by atoms with Crippen LogP contribution in [-0.2, 0) is 27.9 Å². The molecule has 3 amide bonds. The summed E-state index contributed by atoms with van der Waals surface area (Å²) in [6.45, 7) is 1.95. The fourth-order valence-electron chi connectivity index (χ4n) is 6.02. The van der Waals surface area contributed by atoms with E-state index in [1.54, 1.807) is 34.3 Å². The third kappa shape index (κ3) is 8.01. The predicted octanol–water partition coefficient (Wildman–Crippen LogP) is 1.57. The number of aryl methyl sites for hydroxylation is 2. The third-order valence-corrected chi connectivity index (χ3v) is 8.41. The SMILES string of the molecule is Cn1cnc2cc(C(=O)N3C[C@@H]4C(=O)NCCN(C(=O)CCc5ccc(=O)[nH]n5)CCCOc5cccc(c5)[C@H]4C3)ccc21.O=CO. The highest BCUT2D eigenvalue weighted by Crippen LogP contribution is 2.35. The number of carbonyl (C=O) groups is 4. The van der Waals surface area contributed by atoms with Crippen LogP contribution in [0.2, 0.25) is 0 Å². The van der Waals surface area contributed by atoms with Crippen LogP contribution < -0.4 is 15.6 Å². The van der Waals surface area contributed by atoms with Gasteiger partial charge in [-0.2, -0.15) is 5.10 Å². The summed E-state index contributed by atoms with van der Waals surface area (Å²) < 4.78 is 7.95. The normalized spacial score (nSPS) is 18.2. The van der Waals surface area contributed by atoms with Gasteiger partial charge >= 0.3 is 0 Å². The van der Waals surface area contributed by atoms with Gasteiger partial charge < -0.3 is 29.5 Å². The molecule has 2 aliphatic rings. The number of aromatic amines is 1. The van der Waals surface area contributed by atoms with E-state index in [1.165, 1.54) is 6.07 Å². The molecule has 246 valence electrons. The summed E-state index contributed by atoms with van der Waals surface area (Å²) in [6.07, 6.45) is 2.95. The molecule has 14 nitrogen and oxygen atoms in total. The molecule has 2 bridgehead atoms. The highest BCUT2D eigenvalue weighted by Gasteiger charge is 2.41. The van der Waals surface area contributed by atoms with Gasteiger partial charge in [-0.15, -0.1) is 0 Å². The van der Waals surface area contributed by atoms with Gasteiger partial charge in [-0.25, -0.2) is 10.1 Å². The second kappa shape index (κ2) is 15.2. The van der Waals surface area contributed by atoms with Crippen LogP contribution in [0.15, 0.2) is 65.7 Å². The predicted molar refractivity (Wildman–Crippen MR) is 171 cm³/mol. The first kappa shape index (κ1) is 32.9. The van der Waals surface area contributed by atoms with Crippen LogP contribution in [-0.4, -0.2) is 98.2 Å². The first-order valence-corrected chi connectivity index (χ1v) is 15.4. The van der Waals surface area contributed by atoms with Crippen molar-refractivity contribution in [1.29, 1.82) is 0 Å². The molecule has 14 heteroatoms. The van der Waals surface area contributed by atoms with Gasteiger partial charge in [0, 0.05) is 70.2 Å². The van der Waals surface area contributed by atoms with E-state index >= 15 is 0 Å². The second-order valence-corrected chi connectivity index (χ2v) is 11.4. The van der Waals surface area contributed by atoms with Gasteiger partial charge in [0.2, 0.25) is 11.8 Å². The summed E-state index contributed by atoms with van der Waals surface area (Å²) in [5.74, 6) is -0.360. The zero-order chi connectivity index (χ0) is 33.3. The average Bonchev–Trinajstić information content (AvgIpc) is 3.69. The smallest absolute Gasteiger partial charge is 0.290 e. The Morgan fingerprint density at radius 3 is 2.64 bits per heavy atom. The minimum Gasteiger partial charge on any atom is -0.494 e. The molecule has 6 rings (SSSR count). The van der Waals surface area contributed by atoms with Crippen LogP contribution in [0.3, 0.4) is 0 Å². The van der Waals surface area contributed by atoms with Crippen LogP contribution in [0.4, 0.5) is 0 Å². The second-order valence-electron chi connectivity index (χ2n) is 11.4. The van der Waals surface area contributed by atoms with Crippen molar-refractivity contribution in [2.45, 2.75) is 25.2 Å². The van der Waals surface area contributed by atoms with Crippen molar-refractivity contribution in [3.05, 3.63) is 88.1 Å². The summed E-state index contributed by atoms with van der Waals surface area (Å²) in [6, 6.07) is 16.2. The molecule has 0 aliphatic carbocycles. The van der Waals surface area contributed by atoms with Gasteiger partial charge in [0.05, 0.1) is 35.6 Å². The summed E-state index contributed by atoms with van der Waals surface area (Å²) in [5, 5.41) is 16.3. The van der Waals surface area contributed by atoms with E-state index in [4.69, 9.17) is 14.6 Å². The quantitative estimate of drug-likeness (QED) is 0.278. The standard InChI is InChI=1S/C32H35N7O5.CH2O2/c1-37-20-34-27-17-22(6-9-28(27)37)32(43)39-18-25-21-4-2-5-24(16-21)44-15-3-13-38(14-12-33-31(42)26(25)19-39)30(41)11-8-23-7-10-29(40)36-35-23;2-1-3/h2,4-7,9-10,16-17,20,25-26H,3,8,11-15,18-19H2,1H3,(H,33,42)(H,36,40);1H,(H,2,3)/t25-,26+;/m1./s1. The number of likely N-dealkylation sites (tertiary alicyclic amines) is 1. The van der Waals surface area contributed by atoms with Crippen LogP contribution in [0.5, 0.6) is 5.75 Å². The van der Waals surface area contributed by atoms with Crippen LogP contribution >= 0.6 is 0 Å². The number of nitrogens with one attached hydrogen (secondary N) is 2. The Morgan fingerprint density at radius 2 is 1.85 bits per heavy atom. The Hall–Kier alpha value is -5.53. The molecule has 2 aromatic carbocycles. The summed E-state index contributed by atoms with van der Waals surface area (Å²) in [5.41, 5.74) is 3.50. The highest BCUT2D eigenvalue weighted by atomic mass is 16.5. The number of hydrogen-bond acceptors (Lipinski definition) is 8. The molecule has 2 aliphatic heterocycles. The minimum absolute atomic E-state index is 0.0678. The molecule has 1 fully saturated rings. The minimum atomic E-state index is -0.466. The van der Waals surface area contributed by atoms with Gasteiger partial charge in [-0.1, -0.05) is 12.1 Å². The zero-order valence-electron chi connectivity index (χ0n) is 26.0. The molecule has 4 aromatic rings. The van der Waals surface area contributed by atoms with Gasteiger partial charge in [0.25, 0.3) is 17.9 Å². The maximum atomic E-state index is 13.6. The monoisotopic (exact) mass is 643 g/mol. The number of imidazole rings is 1. The number of ether oxygens (including phenoxy) is 1. The Balaban J connectivity index is 0.00000139. The number of rotatable bonds is 4. The van der Waals surface area contributed by atoms with Crippen molar-refractivity contribution < 1.29 is 29.0 Å². The molecule has 2 aromatic heterocycles. The molecule has 4 heterocycles. The van der Waals surface area contributed by atoms with E-state index in [2.05, 4.69) is 20.5 Å². The van der Waals surface area contributed by atoms with Crippen molar-refractivity contribution in [2.75, 3.05) is 39.3 Å². The maximum absolute atomic E-state index is 13.6. The fraction of sp³-hybridized carbons (Fsp3) is 0.364. The Morgan fingerprint density at radius 1 is 1.04 bits per heavy atom. The van der Waals surface area contributed by atoms with E-state index in [1.807, 2.05) is 41.9 Å². The lowest BCUT2D eigenvalue weighted by Crippen LogP contribution is -2.42. The molecule has 0 radical (unpaired) electrons. The molecule has 1 saturated heterocycles. The van der Waals surface area contributed by atoms with E-state index < -0.39 is 5.92 Å². The number of hydrogen-bond donors (Lipinski definition) is 3. The van der Waals surface area contributed by atoms with E-state index in [9.17, 15) is 19.2 Å². The highest BCUT2D eigenvalue weighted by molar-refractivity contribution is 5.98. The van der Waals surface area contributed by atoms with Crippen molar-refractivity contribution in [3.8, 4) is 5.75 Å². The Labute approximate surface area is 270 Å². The lowest BCUT2D eigenvalue weighted by atomic mass is 9.88. The summed E-state index contributed by atoms with van der Waals surface area (Å²) in [4.78, 5) is 67.9. The number of amides is 3. The fourth-order valence-corrected chi connectivity index (χ4v) is 6.02. The van der Waals surface area contributed by atoms with E-state index in [-0.39, 0.29) is 55.2 Å². The lowest BCUT2D eigenvalue weighted by molar-refractivity contribution is -0.132. The summed E-state index contributed by atoms with van der Waals surface area (Å²) in [7, 11) is 1.91. The molecular weight excluding hydrogens is 606 g/mol. The molecular formula is C33H37N7O7. The summed E-state index contributed by atoms with van der Waals surface area (Å²) >= 11 is 0. The van der Waals surface area contributed by atoms with Gasteiger partial charge in [0.15, 0.2) is 0 Å². The number of carboxylic acid groups (broad SMARTS) is 1. The zero-order valence-corrected chi connectivity index (χ0v) is 26.0. The van der Waals surface area contributed by atoms with Gasteiger partial charge in [0.1, 0.15) is 5.75 Å². The van der Waals surface area contributed by atoms with Crippen LogP contribution in [0, 0.1) is 5.92 Å². The number of H-pyrrole nitrogens is 1.